The van der Waals surface area contributed by atoms with Crippen molar-refractivity contribution in [2.45, 2.75) is 13.0 Å². The van der Waals surface area contributed by atoms with Gasteiger partial charge in [0.05, 0.1) is 38.7 Å². The van der Waals surface area contributed by atoms with E-state index in [1.54, 1.807) is 11.3 Å². The van der Waals surface area contributed by atoms with Gasteiger partial charge in [0, 0.05) is 45.3 Å². The van der Waals surface area contributed by atoms with E-state index in [4.69, 9.17) is 4.98 Å². The zero-order chi connectivity index (χ0) is 19.1. The third-order valence-electron chi connectivity index (χ3n) is 5.63. The van der Waals surface area contributed by atoms with E-state index in [0.29, 0.717) is 13.1 Å². The zero-order valence-corrected chi connectivity index (χ0v) is 16.8. The average molecular weight is 394 g/mol. The standard InChI is InChI=1S/C21H23N5OS/c1-24-10-12-25(13-11-24)17-6-8-22-16-14-26(21(27)20(16)17)9-7-19-23-15-4-2-3-5-18(15)28-19/h2-6,8H,7,9-14H2,1H3. The van der Waals surface area contributed by atoms with E-state index in [0.717, 1.165) is 60.1 Å². The monoisotopic (exact) mass is 393 g/mol. The molecule has 1 saturated heterocycles. The number of para-hydroxylation sites is 1. The van der Waals surface area contributed by atoms with Crippen molar-refractivity contribution >= 4 is 33.1 Å². The number of nitrogens with zero attached hydrogens (tertiary/aromatic N) is 5. The van der Waals surface area contributed by atoms with E-state index < -0.39 is 0 Å². The highest BCUT2D eigenvalue weighted by molar-refractivity contribution is 7.18. The summed E-state index contributed by atoms with van der Waals surface area (Å²) in [5.41, 5.74) is 3.80. The minimum Gasteiger partial charge on any atom is -0.368 e. The Hall–Kier alpha value is -2.51. The lowest BCUT2D eigenvalue weighted by Gasteiger charge is -2.34. The first-order valence-electron chi connectivity index (χ1n) is 9.74. The number of fused-ring (bicyclic) bond motifs is 2. The molecule has 2 aliphatic rings. The molecule has 5 rings (SSSR count). The molecule has 0 unspecified atom stereocenters. The lowest BCUT2D eigenvalue weighted by atomic mass is 10.1. The van der Waals surface area contributed by atoms with Crippen LogP contribution in [-0.4, -0.2) is 65.4 Å². The summed E-state index contributed by atoms with van der Waals surface area (Å²) in [5, 5.41) is 1.08. The number of aromatic nitrogens is 2. The molecule has 0 saturated carbocycles. The maximum absolute atomic E-state index is 13.1. The number of piperazine rings is 1. The van der Waals surface area contributed by atoms with Gasteiger partial charge in [0.15, 0.2) is 0 Å². The van der Waals surface area contributed by atoms with Gasteiger partial charge in [0.2, 0.25) is 0 Å². The Bertz CT molecular complexity index is 992. The van der Waals surface area contributed by atoms with Crippen LogP contribution in [0.2, 0.25) is 0 Å². The number of pyridine rings is 1. The van der Waals surface area contributed by atoms with Gasteiger partial charge in [-0.3, -0.25) is 9.78 Å². The van der Waals surface area contributed by atoms with Crippen LogP contribution in [0.25, 0.3) is 10.2 Å². The summed E-state index contributed by atoms with van der Waals surface area (Å²) >= 11 is 1.71. The molecule has 1 aromatic carbocycles. The average Bonchev–Trinajstić information content (AvgIpc) is 3.27. The number of hydrogen-bond donors (Lipinski definition) is 0. The molecule has 0 bridgehead atoms. The van der Waals surface area contributed by atoms with Crippen LogP contribution in [0, 0.1) is 0 Å². The first-order chi connectivity index (χ1) is 13.7. The number of thiazole rings is 1. The Labute approximate surface area is 168 Å². The van der Waals surface area contributed by atoms with E-state index in [-0.39, 0.29) is 5.91 Å². The number of carbonyl (C=O) groups is 1. The number of rotatable bonds is 4. The van der Waals surface area contributed by atoms with Gasteiger partial charge < -0.3 is 14.7 Å². The maximum Gasteiger partial charge on any atom is 0.258 e. The fourth-order valence-corrected chi connectivity index (χ4v) is 4.96. The Morgan fingerprint density at radius 1 is 1.11 bits per heavy atom. The minimum atomic E-state index is 0.109. The molecule has 0 aliphatic carbocycles. The largest absolute Gasteiger partial charge is 0.368 e. The highest BCUT2D eigenvalue weighted by Gasteiger charge is 2.33. The second kappa shape index (κ2) is 7.14. The van der Waals surface area contributed by atoms with Gasteiger partial charge in [-0.25, -0.2) is 4.98 Å². The molecule has 0 N–H and O–H groups in total. The highest BCUT2D eigenvalue weighted by Crippen LogP contribution is 2.31. The second-order valence-electron chi connectivity index (χ2n) is 7.49. The van der Waals surface area contributed by atoms with Gasteiger partial charge in [-0.15, -0.1) is 11.3 Å². The van der Waals surface area contributed by atoms with Crippen molar-refractivity contribution in [2.24, 2.45) is 0 Å². The van der Waals surface area contributed by atoms with Gasteiger partial charge in [-0.2, -0.15) is 0 Å². The zero-order valence-electron chi connectivity index (χ0n) is 16.0. The summed E-state index contributed by atoms with van der Waals surface area (Å²) in [4.78, 5) is 28.9. The van der Waals surface area contributed by atoms with Crippen LogP contribution in [0.15, 0.2) is 36.5 Å². The molecule has 28 heavy (non-hydrogen) atoms. The predicted octanol–water partition coefficient (Wildman–Crippen LogP) is 2.64. The van der Waals surface area contributed by atoms with Crippen molar-refractivity contribution in [1.82, 2.24) is 19.8 Å². The number of likely N-dealkylation sites (N-methyl/N-ethyl adjacent to an activating group) is 1. The number of carbonyl (C=O) groups excluding carboxylic acids is 1. The lowest BCUT2D eigenvalue weighted by Crippen LogP contribution is -2.45. The smallest absolute Gasteiger partial charge is 0.258 e. The molecule has 2 aliphatic heterocycles. The van der Waals surface area contributed by atoms with Gasteiger partial charge in [0.1, 0.15) is 0 Å². The van der Waals surface area contributed by atoms with E-state index in [2.05, 4.69) is 27.9 Å². The topological polar surface area (TPSA) is 52.6 Å². The molecule has 1 amide bonds. The molecule has 1 fully saturated rings. The van der Waals surface area contributed by atoms with Crippen LogP contribution in [0.1, 0.15) is 21.1 Å². The fraction of sp³-hybridized carbons (Fsp3) is 0.381. The summed E-state index contributed by atoms with van der Waals surface area (Å²) in [6.07, 6.45) is 2.62. The molecule has 0 spiro atoms. The summed E-state index contributed by atoms with van der Waals surface area (Å²) in [6, 6.07) is 10.2. The normalized spacial score (nSPS) is 17.5. The number of benzene rings is 1. The van der Waals surface area contributed by atoms with Crippen LogP contribution < -0.4 is 4.90 Å². The molecular formula is C21H23N5OS. The van der Waals surface area contributed by atoms with Gasteiger partial charge in [0.25, 0.3) is 5.91 Å². The molecule has 4 heterocycles. The first kappa shape index (κ1) is 17.6. The van der Waals surface area contributed by atoms with E-state index in [1.165, 1.54) is 4.70 Å². The molecule has 0 atom stereocenters. The SMILES string of the molecule is CN1CCN(c2ccnc3c2C(=O)N(CCc2nc4ccccc4s2)C3)CC1. The summed E-state index contributed by atoms with van der Waals surface area (Å²) in [5.74, 6) is 0.109. The summed E-state index contributed by atoms with van der Waals surface area (Å²) in [6.45, 7) is 5.22. The van der Waals surface area contributed by atoms with Crippen LogP contribution in [0.4, 0.5) is 5.69 Å². The van der Waals surface area contributed by atoms with Crippen molar-refractivity contribution in [1.29, 1.82) is 0 Å². The lowest BCUT2D eigenvalue weighted by molar-refractivity contribution is 0.0780. The molecule has 3 aromatic rings. The maximum atomic E-state index is 13.1. The Balaban J connectivity index is 1.32. The Morgan fingerprint density at radius 3 is 2.75 bits per heavy atom. The molecule has 0 radical (unpaired) electrons. The van der Waals surface area contributed by atoms with Crippen LogP contribution >= 0.6 is 11.3 Å². The quantitative estimate of drug-likeness (QED) is 0.682. The minimum absolute atomic E-state index is 0.109. The summed E-state index contributed by atoms with van der Waals surface area (Å²) < 4.78 is 1.20. The van der Waals surface area contributed by atoms with E-state index in [1.807, 2.05) is 35.4 Å². The number of hydrogen-bond acceptors (Lipinski definition) is 6. The molecule has 2 aromatic heterocycles. The van der Waals surface area contributed by atoms with Gasteiger partial charge in [-0.05, 0) is 25.2 Å². The van der Waals surface area contributed by atoms with Crippen LogP contribution in [0.3, 0.4) is 0 Å². The Morgan fingerprint density at radius 2 is 1.93 bits per heavy atom. The molecular weight excluding hydrogens is 370 g/mol. The van der Waals surface area contributed by atoms with Crippen LogP contribution in [-0.2, 0) is 13.0 Å². The molecule has 6 nitrogen and oxygen atoms in total. The van der Waals surface area contributed by atoms with Gasteiger partial charge in [-0.1, -0.05) is 12.1 Å². The van der Waals surface area contributed by atoms with Crippen molar-refractivity contribution in [3.05, 3.63) is 52.8 Å². The highest BCUT2D eigenvalue weighted by atomic mass is 32.1. The fourth-order valence-electron chi connectivity index (χ4n) is 4.01. The first-order valence-corrected chi connectivity index (χ1v) is 10.6. The van der Waals surface area contributed by atoms with Crippen molar-refractivity contribution in [3.63, 3.8) is 0 Å². The van der Waals surface area contributed by atoms with Crippen molar-refractivity contribution < 1.29 is 4.79 Å². The predicted molar refractivity (Wildman–Crippen MR) is 112 cm³/mol. The van der Waals surface area contributed by atoms with E-state index in [9.17, 15) is 4.79 Å². The summed E-state index contributed by atoms with van der Waals surface area (Å²) in [7, 11) is 2.14. The van der Waals surface area contributed by atoms with Crippen molar-refractivity contribution in [2.75, 3.05) is 44.7 Å². The van der Waals surface area contributed by atoms with Crippen LogP contribution in [0.5, 0.6) is 0 Å². The van der Waals surface area contributed by atoms with Crippen molar-refractivity contribution in [3.8, 4) is 0 Å². The number of anilines is 1. The Kier molecular flexibility index (Phi) is 4.49. The number of amides is 1. The second-order valence-corrected chi connectivity index (χ2v) is 8.61. The third-order valence-corrected chi connectivity index (χ3v) is 6.72. The molecule has 7 heteroatoms. The van der Waals surface area contributed by atoms with E-state index >= 15 is 0 Å². The third kappa shape index (κ3) is 3.14. The molecule has 144 valence electrons. The van der Waals surface area contributed by atoms with Gasteiger partial charge >= 0.3 is 0 Å².